The Morgan fingerprint density at radius 2 is 2.17 bits per heavy atom. The Morgan fingerprint density at radius 1 is 1.56 bits per heavy atom. The number of carbonyl (C=O) groups excluding carboxylic acids is 1. The van der Waals surface area contributed by atoms with Crippen molar-refractivity contribution in [1.82, 2.24) is 5.32 Å². The molecule has 0 saturated heterocycles. The number of halogens is 3. The van der Waals surface area contributed by atoms with Crippen LogP contribution < -0.4 is 11.1 Å². The van der Waals surface area contributed by atoms with Gasteiger partial charge in [0.15, 0.2) is 5.84 Å². The first-order valence-corrected chi connectivity index (χ1v) is 5.21. The Balaban J connectivity index is 3.90. The minimum Gasteiger partial charge on any atom is -0.409 e. The van der Waals surface area contributed by atoms with E-state index in [1.807, 2.05) is 0 Å². The first-order valence-electron chi connectivity index (χ1n) is 5.21. The quantitative estimate of drug-likeness (QED) is 0.208. The minimum atomic E-state index is -4.41. The Morgan fingerprint density at radius 3 is 2.61 bits per heavy atom. The molecule has 106 valence electrons. The van der Waals surface area contributed by atoms with Crippen LogP contribution in [0.1, 0.15) is 19.8 Å². The largest absolute Gasteiger partial charge is 0.411 e. The average Bonchev–Trinajstić information content (AvgIpc) is 2.29. The first kappa shape index (κ1) is 16.5. The molecule has 0 aromatic rings. The summed E-state index contributed by atoms with van der Waals surface area (Å²) in [5, 5.41) is 13.6. The van der Waals surface area contributed by atoms with E-state index < -0.39 is 24.7 Å². The maximum Gasteiger partial charge on any atom is 0.411 e. The van der Waals surface area contributed by atoms with Gasteiger partial charge in [0, 0.05) is 6.42 Å². The maximum atomic E-state index is 11.7. The summed E-state index contributed by atoms with van der Waals surface area (Å²) in [6.07, 6.45) is -4.24. The lowest BCUT2D eigenvalue weighted by molar-refractivity contribution is -0.174. The van der Waals surface area contributed by atoms with E-state index in [0.29, 0.717) is 6.42 Å². The molecule has 0 radical (unpaired) electrons. The van der Waals surface area contributed by atoms with Gasteiger partial charge in [-0.15, -0.1) is 0 Å². The molecule has 6 nitrogen and oxygen atoms in total. The van der Waals surface area contributed by atoms with Crippen molar-refractivity contribution >= 4 is 11.7 Å². The molecule has 1 unspecified atom stereocenters. The smallest absolute Gasteiger partial charge is 0.409 e. The SMILES string of the molecule is CCC(NC(=O)CCOCC(F)(F)F)C(N)=NO. The summed E-state index contributed by atoms with van der Waals surface area (Å²) in [6.45, 7) is -0.0428. The fraction of sp³-hybridized carbons (Fsp3) is 0.778. The van der Waals surface area contributed by atoms with Crippen LogP contribution in [0.15, 0.2) is 5.16 Å². The fourth-order valence-corrected chi connectivity index (χ4v) is 1.07. The van der Waals surface area contributed by atoms with Crippen molar-refractivity contribution in [2.24, 2.45) is 10.9 Å². The second-order valence-electron chi connectivity index (χ2n) is 3.47. The van der Waals surface area contributed by atoms with Crippen molar-refractivity contribution < 1.29 is 27.9 Å². The molecular weight excluding hydrogens is 255 g/mol. The van der Waals surface area contributed by atoms with Crippen LogP contribution in [0.3, 0.4) is 0 Å². The fourth-order valence-electron chi connectivity index (χ4n) is 1.07. The van der Waals surface area contributed by atoms with Gasteiger partial charge >= 0.3 is 6.18 Å². The van der Waals surface area contributed by atoms with Gasteiger partial charge in [0.05, 0.1) is 12.6 Å². The molecule has 4 N–H and O–H groups in total. The zero-order valence-electron chi connectivity index (χ0n) is 9.83. The molecular formula is C9H16F3N3O3. The van der Waals surface area contributed by atoms with Crippen LogP contribution in [0.2, 0.25) is 0 Å². The monoisotopic (exact) mass is 271 g/mol. The molecule has 0 aromatic heterocycles. The number of carbonyl (C=O) groups is 1. The molecule has 18 heavy (non-hydrogen) atoms. The highest BCUT2D eigenvalue weighted by Gasteiger charge is 2.27. The third-order valence-corrected chi connectivity index (χ3v) is 1.96. The number of nitrogens with two attached hydrogens (primary N) is 1. The van der Waals surface area contributed by atoms with Crippen molar-refractivity contribution in [1.29, 1.82) is 0 Å². The van der Waals surface area contributed by atoms with Gasteiger partial charge in [-0.05, 0) is 6.42 Å². The van der Waals surface area contributed by atoms with Gasteiger partial charge in [0.1, 0.15) is 6.61 Å². The predicted molar refractivity (Wildman–Crippen MR) is 57.1 cm³/mol. The molecule has 0 aliphatic carbocycles. The van der Waals surface area contributed by atoms with Crippen LogP contribution in [0.4, 0.5) is 13.2 Å². The van der Waals surface area contributed by atoms with E-state index in [1.54, 1.807) is 6.92 Å². The van der Waals surface area contributed by atoms with Gasteiger partial charge in [0.25, 0.3) is 0 Å². The van der Waals surface area contributed by atoms with Crippen LogP contribution in [-0.4, -0.2) is 42.4 Å². The maximum absolute atomic E-state index is 11.7. The molecule has 0 heterocycles. The van der Waals surface area contributed by atoms with Crippen LogP contribution in [0.5, 0.6) is 0 Å². The Kier molecular flexibility index (Phi) is 7.10. The van der Waals surface area contributed by atoms with E-state index in [-0.39, 0.29) is 18.9 Å². The van der Waals surface area contributed by atoms with Gasteiger partial charge in [0.2, 0.25) is 5.91 Å². The zero-order chi connectivity index (χ0) is 14.2. The van der Waals surface area contributed by atoms with E-state index >= 15 is 0 Å². The summed E-state index contributed by atoms with van der Waals surface area (Å²) < 4.78 is 39.4. The van der Waals surface area contributed by atoms with E-state index in [4.69, 9.17) is 10.9 Å². The number of amides is 1. The highest BCUT2D eigenvalue weighted by atomic mass is 19.4. The molecule has 0 fully saturated rings. The minimum absolute atomic E-state index is 0.165. The molecule has 0 spiro atoms. The van der Waals surface area contributed by atoms with Crippen molar-refractivity contribution in [3.05, 3.63) is 0 Å². The lowest BCUT2D eigenvalue weighted by Gasteiger charge is -2.15. The summed E-state index contributed by atoms with van der Waals surface area (Å²) in [5.74, 6) is -0.697. The molecule has 0 aromatic carbocycles. The number of rotatable bonds is 7. The third-order valence-electron chi connectivity index (χ3n) is 1.96. The molecule has 1 atom stereocenters. The Bertz CT molecular complexity index is 295. The number of hydrogen-bond acceptors (Lipinski definition) is 4. The highest BCUT2D eigenvalue weighted by Crippen LogP contribution is 2.14. The van der Waals surface area contributed by atoms with Gasteiger partial charge in [-0.2, -0.15) is 13.2 Å². The molecule has 0 bridgehead atoms. The third kappa shape index (κ3) is 7.71. The summed E-state index contributed by atoms with van der Waals surface area (Å²) in [5.41, 5.74) is 5.29. The number of amidine groups is 1. The predicted octanol–water partition coefficient (Wildman–Crippen LogP) is 0.597. The molecule has 0 saturated carbocycles. The molecule has 0 rings (SSSR count). The van der Waals surface area contributed by atoms with Gasteiger partial charge in [-0.3, -0.25) is 4.79 Å². The number of alkyl halides is 3. The van der Waals surface area contributed by atoms with Crippen molar-refractivity contribution in [3.63, 3.8) is 0 Å². The Labute approximate surface area is 102 Å². The molecule has 1 amide bonds. The van der Waals surface area contributed by atoms with Gasteiger partial charge < -0.3 is 21.0 Å². The van der Waals surface area contributed by atoms with Gasteiger partial charge in [-0.1, -0.05) is 12.1 Å². The molecule has 9 heteroatoms. The lowest BCUT2D eigenvalue weighted by atomic mass is 10.2. The molecule has 0 aliphatic heterocycles. The number of hydrogen-bond donors (Lipinski definition) is 3. The van der Waals surface area contributed by atoms with Crippen molar-refractivity contribution in [2.45, 2.75) is 32.0 Å². The van der Waals surface area contributed by atoms with Crippen LogP contribution in [0, 0.1) is 0 Å². The van der Waals surface area contributed by atoms with E-state index in [1.165, 1.54) is 0 Å². The van der Waals surface area contributed by atoms with Crippen LogP contribution in [-0.2, 0) is 9.53 Å². The lowest BCUT2D eigenvalue weighted by Crippen LogP contribution is -2.44. The number of nitrogens with zero attached hydrogens (tertiary/aromatic N) is 1. The Hall–Kier alpha value is -1.51. The summed E-state index contributed by atoms with van der Waals surface area (Å²) in [4.78, 5) is 11.3. The van der Waals surface area contributed by atoms with E-state index in [9.17, 15) is 18.0 Å². The first-order chi connectivity index (χ1) is 8.30. The second-order valence-corrected chi connectivity index (χ2v) is 3.47. The molecule has 0 aliphatic rings. The highest BCUT2D eigenvalue weighted by molar-refractivity contribution is 5.89. The number of nitrogens with one attached hydrogen (secondary N) is 1. The summed E-state index contributed by atoms with van der Waals surface area (Å²) >= 11 is 0. The van der Waals surface area contributed by atoms with Crippen molar-refractivity contribution in [2.75, 3.05) is 13.2 Å². The van der Waals surface area contributed by atoms with Crippen molar-refractivity contribution in [3.8, 4) is 0 Å². The standard InChI is InChI=1S/C9H16F3N3O3/c1-2-6(8(13)15-17)14-7(16)3-4-18-5-9(10,11)12/h6,17H,2-5H2,1H3,(H2,13,15)(H,14,16). The van der Waals surface area contributed by atoms with Gasteiger partial charge in [-0.25, -0.2) is 0 Å². The van der Waals surface area contributed by atoms with E-state index in [0.717, 1.165) is 0 Å². The topological polar surface area (TPSA) is 96.9 Å². The zero-order valence-corrected chi connectivity index (χ0v) is 9.83. The average molecular weight is 271 g/mol. The van der Waals surface area contributed by atoms with E-state index in [2.05, 4.69) is 15.2 Å². The van der Waals surface area contributed by atoms with Crippen LogP contribution in [0.25, 0.3) is 0 Å². The summed E-state index contributed by atoms with van der Waals surface area (Å²) in [6, 6.07) is -0.648. The number of ether oxygens (including phenoxy) is 1. The second kappa shape index (κ2) is 7.75. The summed E-state index contributed by atoms with van der Waals surface area (Å²) in [7, 11) is 0. The number of oxime groups is 1. The van der Waals surface area contributed by atoms with Crippen LogP contribution >= 0.6 is 0 Å². The normalized spacial score (nSPS) is 14.3.